The van der Waals surface area contributed by atoms with Gasteiger partial charge in [-0.05, 0) is 58.9 Å². The fourth-order valence-electron chi connectivity index (χ4n) is 2.28. The summed E-state index contributed by atoms with van der Waals surface area (Å²) in [5.41, 5.74) is 3.86. The largest absolute Gasteiger partial charge is 0.468 e. The molecule has 1 atom stereocenters. The molecule has 0 amide bonds. The Morgan fingerprint density at radius 3 is 1.15 bits per heavy atom. The van der Waals surface area contributed by atoms with Gasteiger partial charge in [-0.1, -0.05) is 41.1 Å². The van der Waals surface area contributed by atoms with Crippen molar-refractivity contribution in [1.29, 1.82) is 0 Å². The first-order valence-electron chi connectivity index (χ1n) is 8.03. The van der Waals surface area contributed by atoms with Crippen LogP contribution in [0, 0.1) is 0 Å². The third kappa shape index (κ3) is 17.0. The fourth-order valence-corrected chi connectivity index (χ4v) is 22.0. The van der Waals surface area contributed by atoms with E-state index in [-0.39, 0.29) is 29.7 Å². The molecule has 0 aromatic rings. The smallest absolute Gasteiger partial charge is 0.433 e. The van der Waals surface area contributed by atoms with Gasteiger partial charge in [0, 0.05) is 6.55 Å². The lowest BCUT2D eigenvalue weighted by molar-refractivity contribution is 0.237. The SMILES string of the molecule is C.C.C.C.C=C[Si](C)(C)O[Si](C)(C)O[Si](C)(O[Si](C)(C)C)O[Si](C)(C)C=C. The summed E-state index contributed by atoms with van der Waals surface area (Å²) in [4.78, 5) is 0. The highest BCUT2D eigenvalue weighted by Crippen LogP contribution is 2.27. The molecule has 0 saturated heterocycles. The summed E-state index contributed by atoms with van der Waals surface area (Å²) in [6, 6.07) is 0. The van der Waals surface area contributed by atoms with E-state index in [1.54, 1.807) is 0 Å². The van der Waals surface area contributed by atoms with E-state index < -0.39 is 42.3 Å². The van der Waals surface area contributed by atoms with Crippen molar-refractivity contribution in [2.24, 2.45) is 0 Å². The summed E-state index contributed by atoms with van der Waals surface area (Å²) in [7, 11) is -11.0. The molecule has 0 saturated carbocycles. The monoisotopic (exact) mass is 472 g/mol. The van der Waals surface area contributed by atoms with Crippen molar-refractivity contribution in [3.05, 3.63) is 24.6 Å². The predicted molar refractivity (Wildman–Crippen MR) is 139 cm³/mol. The highest BCUT2D eigenvalue weighted by atomic mass is 28.5. The fraction of sp³-hybridized carbons (Fsp3) is 0.778. The Kier molecular flexibility index (Phi) is 18.1. The molecular formula is C18H52O4Si5. The van der Waals surface area contributed by atoms with Crippen LogP contribution in [0.15, 0.2) is 24.6 Å². The van der Waals surface area contributed by atoms with E-state index in [2.05, 4.69) is 72.1 Å². The molecule has 0 rings (SSSR count). The first-order valence-corrected chi connectivity index (χ1v) is 22.4. The second-order valence-electron chi connectivity index (χ2n) is 8.40. The molecule has 4 nitrogen and oxygen atoms in total. The number of hydrogen-bond donors (Lipinski definition) is 0. The summed E-state index contributed by atoms with van der Waals surface area (Å²) in [5.74, 6) is 0. The minimum Gasteiger partial charge on any atom is -0.433 e. The predicted octanol–water partition coefficient (Wildman–Crippen LogP) is 7.56. The van der Waals surface area contributed by atoms with Crippen molar-refractivity contribution < 1.29 is 16.5 Å². The lowest BCUT2D eigenvalue weighted by Gasteiger charge is -2.42. The van der Waals surface area contributed by atoms with Gasteiger partial charge in [-0.15, -0.1) is 13.2 Å². The molecule has 0 aromatic carbocycles. The molecule has 0 bridgehead atoms. The van der Waals surface area contributed by atoms with Gasteiger partial charge < -0.3 is 16.5 Å². The van der Waals surface area contributed by atoms with E-state index in [9.17, 15) is 0 Å². The lowest BCUT2D eigenvalue weighted by Crippen LogP contribution is -2.61. The summed E-state index contributed by atoms with van der Waals surface area (Å²) < 4.78 is 25.7. The molecule has 0 spiro atoms. The molecule has 0 heterocycles. The van der Waals surface area contributed by atoms with Crippen LogP contribution in [0.1, 0.15) is 29.7 Å². The quantitative estimate of drug-likeness (QED) is 0.307. The first kappa shape index (κ1) is 38.1. The van der Waals surface area contributed by atoms with Gasteiger partial charge in [-0.3, -0.25) is 0 Å². The Balaban J connectivity index is -0.000000403. The zero-order valence-corrected chi connectivity index (χ0v) is 21.7. The van der Waals surface area contributed by atoms with Gasteiger partial charge in [-0.2, -0.15) is 0 Å². The summed E-state index contributed by atoms with van der Waals surface area (Å²) in [6.45, 7) is 28.9. The molecule has 1 unspecified atom stereocenters. The first-order chi connectivity index (χ1) is 9.95. The third-order valence-corrected chi connectivity index (χ3v) is 19.9. The van der Waals surface area contributed by atoms with Gasteiger partial charge >= 0.3 is 17.4 Å². The van der Waals surface area contributed by atoms with Crippen LogP contribution < -0.4 is 0 Å². The molecule has 9 heteroatoms. The minimum absolute atomic E-state index is 0. The second-order valence-corrected chi connectivity index (χ2v) is 27.6. The van der Waals surface area contributed by atoms with Crippen LogP contribution >= 0.6 is 0 Å². The molecule has 0 N–H and O–H groups in total. The molecule has 0 aliphatic rings. The number of rotatable bonds is 10. The van der Waals surface area contributed by atoms with Crippen molar-refractivity contribution in [2.45, 2.75) is 95.2 Å². The minimum atomic E-state index is -2.81. The summed E-state index contributed by atoms with van der Waals surface area (Å²) in [6.07, 6.45) is 0. The molecule has 0 fully saturated rings. The molecule has 0 aromatic heterocycles. The van der Waals surface area contributed by atoms with Gasteiger partial charge in [0.2, 0.25) is 8.32 Å². The van der Waals surface area contributed by atoms with Gasteiger partial charge in [0.1, 0.15) is 0 Å². The molecule has 0 aliphatic heterocycles. The Morgan fingerprint density at radius 2 is 0.852 bits per heavy atom. The topological polar surface area (TPSA) is 36.9 Å². The van der Waals surface area contributed by atoms with Crippen LogP contribution in [0.5, 0.6) is 0 Å². The van der Waals surface area contributed by atoms with Crippen LogP contribution in [0.2, 0.25) is 65.5 Å². The van der Waals surface area contributed by atoms with Crippen LogP contribution in [-0.4, -0.2) is 42.3 Å². The highest BCUT2D eigenvalue weighted by molar-refractivity contribution is 6.92. The molecule has 0 aliphatic carbocycles. The van der Waals surface area contributed by atoms with E-state index >= 15 is 0 Å². The molecule has 0 radical (unpaired) electrons. The van der Waals surface area contributed by atoms with Gasteiger partial charge in [0.15, 0.2) is 16.6 Å². The summed E-state index contributed by atoms with van der Waals surface area (Å²) in [5, 5.41) is 0. The van der Waals surface area contributed by atoms with Crippen molar-refractivity contribution in [3.8, 4) is 0 Å². The van der Waals surface area contributed by atoms with E-state index in [0.717, 1.165) is 0 Å². The lowest BCUT2D eigenvalue weighted by atomic mass is 11.3. The number of hydrogen-bond acceptors (Lipinski definition) is 4. The van der Waals surface area contributed by atoms with E-state index in [4.69, 9.17) is 16.5 Å². The van der Waals surface area contributed by atoms with Crippen LogP contribution in [0.25, 0.3) is 0 Å². The van der Waals surface area contributed by atoms with Crippen molar-refractivity contribution in [3.63, 3.8) is 0 Å². The molecular weight excluding hydrogens is 421 g/mol. The third-order valence-electron chi connectivity index (χ3n) is 2.86. The normalized spacial score (nSPS) is 14.3. The van der Waals surface area contributed by atoms with E-state index in [0.29, 0.717) is 0 Å². The highest BCUT2D eigenvalue weighted by Gasteiger charge is 2.49. The van der Waals surface area contributed by atoms with Crippen molar-refractivity contribution in [1.82, 2.24) is 0 Å². The van der Waals surface area contributed by atoms with E-state index in [1.165, 1.54) is 0 Å². The molecule has 168 valence electrons. The van der Waals surface area contributed by atoms with E-state index in [1.807, 2.05) is 17.9 Å². The van der Waals surface area contributed by atoms with Crippen molar-refractivity contribution in [2.75, 3.05) is 0 Å². The Morgan fingerprint density at radius 1 is 0.519 bits per heavy atom. The Labute approximate surface area is 178 Å². The van der Waals surface area contributed by atoms with Crippen LogP contribution in [0.4, 0.5) is 0 Å². The zero-order chi connectivity index (χ0) is 18.7. The zero-order valence-electron chi connectivity index (χ0n) is 16.7. The maximum absolute atomic E-state index is 6.50. The second kappa shape index (κ2) is 12.9. The van der Waals surface area contributed by atoms with Crippen LogP contribution in [0.3, 0.4) is 0 Å². The average molecular weight is 473 g/mol. The maximum Gasteiger partial charge on any atom is 0.468 e. The van der Waals surface area contributed by atoms with Gasteiger partial charge in [0.05, 0.1) is 0 Å². The Bertz CT molecular complexity index is 434. The van der Waals surface area contributed by atoms with Crippen molar-refractivity contribution >= 4 is 42.3 Å². The average Bonchev–Trinajstić information content (AvgIpc) is 2.22. The van der Waals surface area contributed by atoms with Gasteiger partial charge in [-0.25, -0.2) is 0 Å². The van der Waals surface area contributed by atoms with Gasteiger partial charge in [0.25, 0.3) is 0 Å². The maximum atomic E-state index is 6.50. The standard InChI is InChI=1S/C14H36O4Si5.4CH4/c1-13-20(6,7)16-22(10,11)18-23(12,15-19(3,4)5)17-21(8,9)14-2;;;;/h13-14H,1-2H2,3-12H3;4*1H4. The molecule has 27 heavy (non-hydrogen) atoms. The Hall–Kier alpha value is 0.404. The summed E-state index contributed by atoms with van der Waals surface area (Å²) >= 11 is 0. The van der Waals surface area contributed by atoms with Crippen LogP contribution in [-0.2, 0) is 16.5 Å².